The summed E-state index contributed by atoms with van der Waals surface area (Å²) in [5.74, 6) is -1.60. The van der Waals surface area contributed by atoms with Gasteiger partial charge < -0.3 is 4.90 Å². The molecule has 1 fully saturated rings. The van der Waals surface area contributed by atoms with Crippen molar-refractivity contribution in [2.24, 2.45) is 0 Å². The molecular formula is C18H21BrF2N4O. The van der Waals surface area contributed by atoms with E-state index < -0.39 is 11.6 Å². The molecule has 8 heteroatoms. The summed E-state index contributed by atoms with van der Waals surface area (Å²) in [6, 6.07) is 4.23. The predicted molar refractivity (Wildman–Crippen MR) is 97.6 cm³/mol. The number of aryl methyl sites for hydroxylation is 1. The summed E-state index contributed by atoms with van der Waals surface area (Å²) in [7, 11) is 0. The molecule has 1 saturated heterocycles. The van der Waals surface area contributed by atoms with Crippen molar-refractivity contribution in [3.63, 3.8) is 0 Å². The van der Waals surface area contributed by atoms with Gasteiger partial charge in [-0.3, -0.25) is 14.4 Å². The van der Waals surface area contributed by atoms with Crippen LogP contribution in [0, 0.1) is 25.5 Å². The minimum atomic E-state index is -0.827. The SMILES string of the molecule is Cc1nn(CC(=O)N2CCN(Cc3cccc(F)c3F)CC2)c(C)c1Br. The Kier molecular flexibility index (Phi) is 5.72. The van der Waals surface area contributed by atoms with Crippen LogP contribution in [0.15, 0.2) is 22.7 Å². The van der Waals surface area contributed by atoms with E-state index in [9.17, 15) is 13.6 Å². The average Bonchev–Trinajstić information content (AvgIpc) is 2.86. The Bertz CT molecular complexity index is 816. The summed E-state index contributed by atoms with van der Waals surface area (Å²) < 4.78 is 29.7. The second-order valence-electron chi connectivity index (χ2n) is 6.51. The van der Waals surface area contributed by atoms with Gasteiger partial charge in [0.25, 0.3) is 0 Å². The molecule has 0 radical (unpaired) electrons. The average molecular weight is 427 g/mol. The van der Waals surface area contributed by atoms with Crippen molar-refractivity contribution < 1.29 is 13.6 Å². The quantitative estimate of drug-likeness (QED) is 0.754. The molecule has 1 amide bonds. The fourth-order valence-electron chi connectivity index (χ4n) is 3.12. The van der Waals surface area contributed by atoms with Crippen LogP contribution in [0.3, 0.4) is 0 Å². The number of hydrogen-bond acceptors (Lipinski definition) is 3. The molecule has 0 spiro atoms. The van der Waals surface area contributed by atoms with E-state index in [1.807, 2.05) is 18.7 Å². The fraction of sp³-hybridized carbons (Fsp3) is 0.444. The summed E-state index contributed by atoms with van der Waals surface area (Å²) in [5, 5.41) is 4.37. The molecule has 0 unspecified atom stereocenters. The molecule has 2 aromatic rings. The molecule has 3 rings (SSSR count). The Labute approximate surface area is 159 Å². The smallest absolute Gasteiger partial charge is 0.244 e. The van der Waals surface area contributed by atoms with E-state index in [0.29, 0.717) is 38.3 Å². The van der Waals surface area contributed by atoms with Gasteiger partial charge in [0.15, 0.2) is 11.6 Å². The van der Waals surface area contributed by atoms with Gasteiger partial charge in [0.1, 0.15) is 6.54 Å². The van der Waals surface area contributed by atoms with Crippen LogP contribution in [0.5, 0.6) is 0 Å². The number of piperazine rings is 1. The van der Waals surface area contributed by atoms with Crippen LogP contribution in [-0.2, 0) is 17.9 Å². The zero-order chi connectivity index (χ0) is 18.8. The van der Waals surface area contributed by atoms with Crippen LogP contribution in [-0.4, -0.2) is 51.7 Å². The molecule has 140 valence electrons. The molecule has 26 heavy (non-hydrogen) atoms. The number of amides is 1. The summed E-state index contributed by atoms with van der Waals surface area (Å²) in [6.07, 6.45) is 0. The molecule has 1 aromatic heterocycles. The number of halogens is 3. The zero-order valence-electron chi connectivity index (χ0n) is 14.8. The lowest BCUT2D eigenvalue weighted by atomic mass is 10.1. The van der Waals surface area contributed by atoms with Gasteiger partial charge in [-0.15, -0.1) is 0 Å². The molecule has 0 aliphatic carbocycles. The monoisotopic (exact) mass is 426 g/mol. The molecule has 0 N–H and O–H groups in total. The maximum Gasteiger partial charge on any atom is 0.244 e. The van der Waals surface area contributed by atoms with E-state index in [1.54, 1.807) is 15.6 Å². The Morgan fingerprint density at radius 1 is 1.19 bits per heavy atom. The third-order valence-electron chi connectivity index (χ3n) is 4.73. The Morgan fingerprint density at radius 2 is 1.88 bits per heavy atom. The highest BCUT2D eigenvalue weighted by Crippen LogP contribution is 2.20. The zero-order valence-corrected chi connectivity index (χ0v) is 16.4. The van der Waals surface area contributed by atoms with Crippen LogP contribution < -0.4 is 0 Å². The van der Waals surface area contributed by atoms with E-state index in [4.69, 9.17) is 0 Å². The first-order valence-corrected chi connectivity index (χ1v) is 9.28. The van der Waals surface area contributed by atoms with Gasteiger partial charge in [0.05, 0.1) is 15.9 Å². The van der Waals surface area contributed by atoms with Crippen LogP contribution >= 0.6 is 15.9 Å². The van der Waals surface area contributed by atoms with Crippen molar-refractivity contribution in [1.82, 2.24) is 19.6 Å². The fourth-order valence-corrected chi connectivity index (χ4v) is 3.41. The van der Waals surface area contributed by atoms with Crippen LogP contribution in [0.25, 0.3) is 0 Å². The Hall–Kier alpha value is -1.80. The molecule has 5 nitrogen and oxygen atoms in total. The van der Waals surface area contributed by atoms with Gasteiger partial charge in [-0.1, -0.05) is 12.1 Å². The van der Waals surface area contributed by atoms with Crippen molar-refractivity contribution in [2.75, 3.05) is 26.2 Å². The highest BCUT2D eigenvalue weighted by Gasteiger charge is 2.23. The maximum atomic E-state index is 13.8. The normalized spacial score (nSPS) is 15.5. The minimum Gasteiger partial charge on any atom is -0.339 e. The topological polar surface area (TPSA) is 41.4 Å². The molecule has 1 aliphatic heterocycles. The first kappa shape index (κ1) is 19.0. The van der Waals surface area contributed by atoms with Crippen molar-refractivity contribution in [2.45, 2.75) is 26.9 Å². The van der Waals surface area contributed by atoms with Crippen molar-refractivity contribution in [3.05, 3.63) is 51.3 Å². The van der Waals surface area contributed by atoms with E-state index in [-0.39, 0.29) is 12.5 Å². The van der Waals surface area contributed by atoms with Gasteiger partial charge in [0, 0.05) is 38.3 Å². The van der Waals surface area contributed by atoms with Gasteiger partial charge in [-0.05, 0) is 35.8 Å². The van der Waals surface area contributed by atoms with E-state index in [1.165, 1.54) is 6.07 Å². The molecule has 0 bridgehead atoms. The highest BCUT2D eigenvalue weighted by molar-refractivity contribution is 9.10. The van der Waals surface area contributed by atoms with Crippen molar-refractivity contribution in [3.8, 4) is 0 Å². The van der Waals surface area contributed by atoms with Crippen LogP contribution in [0.4, 0.5) is 8.78 Å². The predicted octanol–water partition coefficient (Wildman–Crippen LogP) is 2.89. The first-order valence-electron chi connectivity index (χ1n) is 8.49. The number of carbonyl (C=O) groups excluding carboxylic acids is 1. The maximum absolute atomic E-state index is 13.8. The minimum absolute atomic E-state index is 0.0136. The van der Waals surface area contributed by atoms with Crippen molar-refractivity contribution >= 4 is 21.8 Å². The summed E-state index contributed by atoms with van der Waals surface area (Å²) >= 11 is 3.46. The lowest BCUT2D eigenvalue weighted by Crippen LogP contribution is -2.49. The number of hydrogen-bond donors (Lipinski definition) is 0. The Morgan fingerprint density at radius 3 is 2.50 bits per heavy atom. The van der Waals surface area contributed by atoms with E-state index >= 15 is 0 Å². The lowest BCUT2D eigenvalue weighted by Gasteiger charge is -2.34. The first-order chi connectivity index (χ1) is 12.4. The van der Waals surface area contributed by atoms with Crippen LogP contribution in [0.2, 0.25) is 0 Å². The summed E-state index contributed by atoms with van der Waals surface area (Å²) in [6.45, 7) is 6.75. The van der Waals surface area contributed by atoms with E-state index in [0.717, 1.165) is 21.9 Å². The number of benzene rings is 1. The number of aromatic nitrogens is 2. The van der Waals surface area contributed by atoms with Gasteiger partial charge in [-0.25, -0.2) is 8.78 Å². The molecule has 0 saturated carbocycles. The molecule has 1 aromatic carbocycles. The number of nitrogens with zero attached hydrogens (tertiary/aromatic N) is 4. The third kappa shape index (κ3) is 3.96. The molecule has 0 atom stereocenters. The summed E-state index contributed by atoms with van der Waals surface area (Å²) in [4.78, 5) is 16.3. The van der Waals surface area contributed by atoms with E-state index in [2.05, 4.69) is 21.0 Å². The molecular weight excluding hydrogens is 406 g/mol. The number of carbonyl (C=O) groups is 1. The second kappa shape index (κ2) is 7.84. The largest absolute Gasteiger partial charge is 0.339 e. The lowest BCUT2D eigenvalue weighted by molar-refractivity contribution is -0.133. The molecule has 1 aliphatic rings. The third-order valence-corrected chi connectivity index (χ3v) is 5.88. The highest BCUT2D eigenvalue weighted by atomic mass is 79.9. The van der Waals surface area contributed by atoms with Crippen molar-refractivity contribution in [1.29, 1.82) is 0 Å². The Balaban J connectivity index is 1.55. The second-order valence-corrected chi connectivity index (χ2v) is 7.31. The standard InChI is InChI=1S/C18H21BrF2N4O/c1-12-17(19)13(2)25(22-12)11-16(26)24-8-6-23(7-9-24)10-14-4-3-5-15(20)18(14)21/h3-5H,6-11H2,1-2H3. The molecule has 2 heterocycles. The summed E-state index contributed by atoms with van der Waals surface area (Å²) in [5.41, 5.74) is 2.13. The van der Waals surface area contributed by atoms with Crippen LogP contribution in [0.1, 0.15) is 17.0 Å². The number of rotatable bonds is 4. The van der Waals surface area contributed by atoms with Gasteiger partial charge in [-0.2, -0.15) is 5.10 Å². The van der Waals surface area contributed by atoms with Gasteiger partial charge in [0.2, 0.25) is 5.91 Å². The van der Waals surface area contributed by atoms with Gasteiger partial charge >= 0.3 is 0 Å².